The largest absolute Gasteiger partial charge is 0.449 e. The number of esters is 1. The number of aryl methyl sites for hydroxylation is 1. The molecule has 0 saturated heterocycles. The predicted molar refractivity (Wildman–Crippen MR) is 101 cm³/mol. The summed E-state index contributed by atoms with van der Waals surface area (Å²) in [5.41, 5.74) is 1.70. The van der Waals surface area contributed by atoms with Crippen LogP contribution < -0.4 is 5.32 Å². The van der Waals surface area contributed by atoms with Crippen LogP contribution >= 0.6 is 11.6 Å². The number of carbonyl (C=O) groups is 2. The molecule has 1 heterocycles. The number of amides is 1. The van der Waals surface area contributed by atoms with Gasteiger partial charge in [-0.15, -0.1) is 0 Å². The van der Waals surface area contributed by atoms with Crippen molar-refractivity contribution in [1.29, 1.82) is 0 Å². The average Bonchev–Trinajstić information content (AvgIpc) is 2.87. The highest BCUT2D eigenvalue weighted by Gasteiger charge is 2.18. The number of aromatic nitrogens is 2. The van der Waals surface area contributed by atoms with Gasteiger partial charge in [0, 0.05) is 17.7 Å². The maximum atomic E-state index is 13.1. The summed E-state index contributed by atoms with van der Waals surface area (Å²) in [6, 6.07) is 5.65. The quantitative estimate of drug-likeness (QED) is 0.602. The third-order valence-electron chi connectivity index (χ3n) is 3.60. The summed E-state index contributed by atoms with van der Waals surface area (Å²) in [6.45, 7) is 6.86. The van der Waals surface area contributed by atoms with E-state index >= 15 is 0 Å². The van der Waals surface area contributed by atoms with Crippen LogP contribution in [-0.2, 0) is 14.3 Å². The molecule has 6 nitrogen and oxygen atoms in total. The van der Waals surface area contributed by atoms with E-state index < -0.39 is 12.1 Å². The van der Waals surface area contributed by atoms with Crippen molar-refractivity contribution >= 4 is 29.6 Å². The number of carbonyl (C=O) groups excluding carboxylic acids is 2. The molecule has 0 bridgehead atoms. The molecule has 1 N–H and O–H groups in total. The Labute approximate surface area is 162 Å². The molecule has 0 aliphatic rings. The maximum absolute atomic E-state index is 13.1. The van der Waals surface area contributed by atoms with Gasteiger partial charge >= 0.3 is 5.97 Å². The number of ether oxygens (including phenoxy) is 1. The molecular weight excluding hydrogens is 373 g/mol. The molecule has 144 valence electrons. The smallest absolute Gasteiger partial charge is 0.331 e. The Hall–Kier alpha value is -2.67. The lowest BCUT2D eigenvalue weighted by Crippen LogP contribution is -2.39. The van der Waals surface area contributed by atoms with Gasteiger partial charge in [0.2, 0.25) is 0 Å². The minimum absolute atomic E-state index is 0.0482. The van der Waals surface area contributed by atoms with Crippen LogP contribution in [0.2, 0.25) is 5.15 Å². The van der Waals surface area contributed by atoms with Crippen LogP contribution in [0, 0.1) is 12.7 Å². The Morgan fingerprint density at radius 1 is 1.26 bits per heavy atom. The van der Waals surface area contributed by atoms with Gasteiger partial charge in [-0.05, 0) is 58.0 Å². The molecule has 1 unspecified atom stereocenters. The first-order valence-corrected chi connectivity index (χ1v) is 8.77. The SMILES string of the molecule is Cc1nn(-c2ccc(F)cc2)c(Cl)c1/C=C/C(=O)OC(C)C(=O)NC(C)C. The van der Waals surface area contributed by atoms with Crippen molar-refractivity contribution < 1.29 is 18.7 Å². The fourth-order valence-electron chi connectivity index (χ4n) is 2.27. The number of hydrogen-bond acceptors (Lipinski definition) is 4. The number of hydrogen-bond donors (Lipinski definition) is 1. The zero-order valence-electron chi connectivity index (χ0n) is 15.5. The Kier molecular flexibility index (Phi) is 6.74. The molecule has 0 aliphatic heterocycles. The van der Waals surface area contributed by atoms with Crippen LogP contribution in [-0.4, -0.2) is 33.8 Å². The fourth-order valence-corrected chi connectivity index (χ4v) is 2.61. The molecule has 1 aromatic carbocycles. The fraction of sp³-hybridized carbons (Fsp3) is 0.316. The third-order valence-corrected chi connectivity index (χ3v) is 3.96. The molecule has 1 aromatic heterocycles. The molecule has 0 radical (unpaired) electrons. The first-order chi connectivity index (χ1) is 12.7. The molecule has 2 aromatic rings. The van der Waals surface area contributed by atoms with Crippen LogP contribution in [0.3, 0.4) is 0 Å². The average molecular weight is 394 g/mol. The van der Waals surface area contributed by atoms with Gasteiger partial charge in [-0.3, -0.25) is 4.79 Å². The van der Waals surface area contributed by atoms with E-state index in [0.29, 0.717) is 16.9 Å². The van der Waals surface area contributed by atoms with Gasteiger partial charge in [-0.2, -0.15) is 5.10 Å². The van der Waals surface area contributed by atoms with Crippen LogP contribution in [0.25, 0.3) is 11.8 Å². The normalized spacial score (nSPS) is 12.4. The highest BCUT2D eigenvalue weighted by atomic mass is 35.5. The monoisotopic (exact) mass is 393 g/mol. The van der Waals surface area contributed by atoms with Crippen molar-refractivity contribution in [3.8, 4) is 5.69 Å². The van der Waals surface area contributed by atoms with Crippen molar-refractivity contribution in [3.63, 3.8) is 0 Å². The first kappa shape index (κ1) is 20.6. The van der Waals surface area contributed by atoms with Crippen LogP contribution in [0.1, 0.15) is 32.0 Å². The number of rotatable bonds is 6. The minimum Gasteiger partial charge on any atom is -0.449 e. The van der Waals surface area contributed by atoms with Gasteiger partial charge in [0.25, 0.3) is 5.91 Å². The summed E-state index contributed by atoms with van der Waals surface area (Å²) in [7, 11) is 0. The summed E-state index contributed by atoms with van der Waals surface area (Å²) < 4.78 is 19.6. The maximum Gasteiger partial charge on any atom is 0.331 e. The Morgan fingerprint density at radius 2 is 1.89 bits per heavy atom. The second-order valence-electron chi connectivity index (χ2n) is 6.25. The van der Waals surface area contributed by atoms with Crippen LogP contribution in [0.15, 0.2) is 30.3 Å². The summed E-state index contributed by atoms with van der Waals surface area (Å²) in [6.07, 6.45) is 1.74. The molecule has 8 heteroatoms. The number of nitrogens with one attached hydrogen (secondary N) is 1. The standard InChI is InChI=1S/C19H21ClFN3O3/c1-11(2)22-19(26)13(4)27-17(25)10-9-16-12(3)23-24(18(16)20)15-7-5-14(21)6-8-15/h5-11,13H,1-4H3,(H,22,26)/b10-9+. The van der Waals surface area contributed by atoms with E-state index in [1.54, 1.807) is 19.1 Å². The van der Waals surface area contributed by atoms with Gasteiger partial charge in [0.1, 0.15) is 11.0 Å². The highest BCUT2D eigenvalue weighted by Crippen LogP contribution is 2.24. The second kappa shape index (κ2) is 8.81. The van der Waals surface area contributed by atoms with Crippen molar-refractivity contribution in [2.24, 2.45) is 0 Å². The van der Waals surface area contributed by atoms with Crippen molar-refractivity contribution in [2.75, 3.05) is 0 Å². The van der Waals surface area contributed by atoms with Gasteiger partial charge in [0.15, 0.2) is 6.10 Å². The Morgan fingerprint density at radius 3 is 2.48 bits per heavy atom. The lowest BCUT2D eigenvalue weighted by atomic mass is 10.2. The summed E-state index contributed by atoms with van der Waals surface area (Å²) >= 11 is 6.34. The van der Waals surface area contributed by atoms with Crippen LogP contribution in [0.5, 0.6) is 0 Å². The first-order valence-electron chi connectivity index (χ1n) is 8.39. The van der Waals surface area contributed by atoms with E-state index in [9.17, 15) is 14.0 Å². The Balaban J connectivity index is 2.12. The summed E-state index contributed by atoms with van der Waals surface area (Å²) in [5.74, 6) is -1.41. The van der Waals surface area contributed by atoms with Crippen molar-refractivity contribution in [1.82, 2.24) is 15.1 Å². The lowest BCUT2D eigenvalue weighted by molar-refractivity contribution is -0.150. The molecule has 2 rings (SSSR count). The molecule has 1 amide bonds. The third kappa shape index (κ3) is 5.40. The van der Waals surface area contributed by atoms with Crippen LogP contribution in [0.4, 0.5) is 4.39 Å². The van der Waals surface area contributed by atoms with Gasteiger partial charge in [-0.1, -0.05) is 11.6 Å². The molecule has 1 atom stereocenters. The summed E-state index contributed by atoms with van der Waals surface area (Å²) in [4.78, 5) is 23.7. The van der Waals surface area contributed by atoms with Gasteiger partial charge in [0.05, 0.1) is 11.4 Å². The van der Waals surface area contributed by atoms with E-state index in [2.05, 4.69) is 10.4 Å². The number of halogens is 2. The zero-order chi connectivity index (χ0) is 20.1. The lowest BCUT2D eigenvalue weighted by Gasteiger charge is -2.14. The van der Waals surface area contributed by atoms with Crippen molar-refractivity contribution in [2.45, 2.75) is 39.8 Å². The highest BCUT2D eigenvalue weighted by molar-refractivity contribution is 6.31. The summed E-state index contributed by atoms with van der Waals surface area (Å²) in [5, 5.41) is 7.24. The minimum atomic E-state index is -0.914. The van der Waals surface area contributed by atoms with E-state index in [1.165, 1.54) is 35.9 Å². The van der Waals surface area contributed by atoms with Gasteiger partial charge < -0.3 is 10.1 Å². The second-order valence-corrected chi connectivity index (χ2v) is 6.61. The zero-order valence-corrected chi connectivity index (χ0v) is 16.2. The predicted octanol–water partition coefficient (Wildman–Crippen LogP) is 3.44. The topological polar surface area (TPSA) is 73.2 Å². The Bertz CT molecular complexity index is 860. The van der Waals surface area contributed by atoms with Crippen molar-refractivity contribution in [3.05, 3.63) is 52.6 Å². The van der Waals surface area contributed by atoms with E-state index in [1.807, 2.05) is 13.8 Å². The van der Waals surface area contributed by atoms with E-state index in [-0.39, 0.29) is 22.9 Å². The molecular formula is C19H21ClFN3O3. The number of benzene rings is 1. The van der Waals surface area contributed by atoms with E-state index in [0.717, 1.165) is 0 Å². The molecule has 0 fully saturated rings. The number of nitrogens with zero attached hydrogens (tertiary/aromatic N) is 2. The van der Waals surface area contributed by atoms with Gasteiger partial charge in [-0.25, -0.2) is 13.9 Å². The molecule has 0 spiro atoms. The molecule has 0 saturated carbocycles. The molecule has 27 heavy (non-hydrogen) atoms. The van der Waals surface area contributed by atoms with E-state index in [4.69, 9.17) is 16.3 Å². The molecule has 0 aliphatic carbocycles.